The van der Waals surface area contributed by atoms with E-state index in [0.717, 1.165) is 39.7 Å². The minimum Gasteiger partial charge on any atom is -0.382 e. The Morgan fingerprint density at radius 1 is 1.02 bits per heavy atom. The number of allylic oxidation sites excluding steroid dienone is 3. The van der Waals surface area contributed by atoms with E-state index in [0.29, 0.717) is 30.0 Å². The van der Waals surface area contributed by atoms with Crippen molar-refractivity contribution in [3.63, 3.8) is 0 Å². The monoisotopic (exact) mass is 604 g/mol. The molecule has 4 nitrogen and oxygen atoms in total. The van der Waals surface area contributed by atoms with Crippen molar-refractivity contribution in [2.75, 3.05) is 20.1 Å². The third-order valence-electron chi connectivity index (χ3n) is 7.61. The quantitative estimate of drug-likeness (QED) is 0.101. The Kier molecular flexibility index (Phi) is 12.7. The van der Waals surface area contributed by atoms with Gasteiger partial charge in [-0.25, -0.2) is 8.78 Å². The summed E-state index contributed by atoms with van der Waals surface area (Å²) in [5.41, 5.74) is 9.23. The molecule has 3 aromatic rings. The van der Waals surface area contributed by atoms with Crippen molar-refractivity contribution in [3.8, 4) is 11.1 Å². The fraction of sp³-hybridized carbons (Fsp3) is 0.179. The first-order valence-corrected chi connectivity index (χ1v) is 14.7. The van der Waals surface area contributed by atoms with Gasteiger partial charge in [0.1, 0.15) is 17.5 Å². The number of nitrogens with zero attached hydrogens (tertiary/aromatic N) is 3. The van der Waals surface area contributed by atoms with Gasteiger partial charge in [-0.05, 0) is 48.9 Å². The van der Waals surface area contributed by atoms with Crippen molar-refractivity contribution in [2.24, 2.45) is 4.99 Å². The second-order valence-corrected chi connectivity index (χ2v) is 10.3. The van der Waals surface area contributed by atoms with E-state index in [-0.39, 0.29) is 12.6 Å². The van der Waals surface area contributed by atoms with Crippen LogP contribution in [0.2, 0.25) is 0 Å². The third kappa shape index (κ3) is 8.47. The van der Waals surface area contributed by atoms with E-state index < -0.39 is 11.6 Å². The zero-order valence-corrected chi connectivity index (χ0v) is 26.5. The molecule has 232 valence electrons. The van der Waals surface area contributed by atoms with Crippen LogP contribution in [0.15, 0.2) is 151 Å². The van der Waals surface area contributed by atoms with Gasteiger partial charge in [0.15, 0.2) is 0 Å². The minimum absolute atomic E-state index is 0.0751. The molecule has 0 aliphatic carbocycles. The second-order valence-electron chi connectivity index (χ2n) is 10.3. The Hall–Kier alpha value is -5.19. The molecular formula is C39H42F2N4. The summed E-state index contributed by atoms with van der Waals surface area (Å²) in [5.74, 6) is -0.554. The lowest BCUT2D eigenvalue weighted by molar-refractivity contribution is 0.253. The SMILES string of the molecule is C=C=C(NC)/C(C)=C(\N(CC)CC(N=C)/C(C=C)=C/C=C)N(Cc1ccc(F)cc1F)C(=C)c1ccc(-c2ccccc2)cc1. The zero-order valence-electron chi connectivity index (χ0n) is 26.5. The van der Waals surface area contributed by atoms with Gasteiger partial charge in [0.05, 0.1) is 18.3 Å². The molecular weight excluding hydrogens is 562 g/mol. The first-order chi connectivity index (χ1) is 21.7. The van der Waals surface area contributed by atoms with Crippen LogP contribution in [0.3, 0.4) is 0 Å². The van der Waals surface area contributed by atoms with Crippen LogP contribution in [-0.4, -0.2) is 42.7 Å². The van der Waals surface area contributed by atoms with Gasteiger partial charge in [0, 0.05) is 43.0 Å². The predicted molar refractivity (Wildman–Crippen MR) is 186 cm³/mol. The van der Waals surface area contributed by atoms with Crippen LogP contribution < -0.4 is 5.32 Å². The van der Waals surface area contributed by atoms with E-state index in [1.807, 2.05) is 67.3 Å². The number of benzene rings is 3. The highest BCUT2D eigenvalue weighted by atomic mass is 19.1. The summed E-state index contributed by atoms with van der Waals surface area (Å²) in [6.45, 7) is 25.1. The molecule has 0 saturated heterocycles. The first-order valence-electron chi connectivity index (χ1n) is 14.7. The maximum Gasteiger partial charge on any atom is 0.131 e. The molecule has 0 bridgehead atoms. The molecule has 0 heterocycles. The largest absolute Gasteiger partial charge is 0.382 e. The zero-order chi connectivity index (χ0) is 32.9. The lowest BCUT2D eigenvalue weighted by Crippen LogP contribution is -2.40. The molecule has 1 N–H and O–H groups in total. The summed E-state index contributed by atoms with van der Waals surface area (Å²) in [6, 6.07) is 21.5. The fourth-order valence-corrected chi connectivity index (χ4v) is 5.18. The Labute approximate surface area is 267 Å². The Morgan fingerprint density at radius 3 is 2.22 bits per heavy atom. The van der Waals surface area contributed by atoms with Crippen LogP contribution >= 0.6 is 0 Å². The fourth-order valence-electron chi connectivity index (χ4n) is 5.18. The highest BCUT2D eigenvalue weighted by Gasteiger charge is 2.27. The van der Waals surface area contributed by atoms with Gasteiger partial charge in [-0.3, -0.25) is 4.99 Å². The van der Waals surface area contributed by atoms with Gasteiger partial charge >= 0.3 is 0 Å². The van der Waals surface area contributed by atoms with Crippen LogP contribution in [0.4, 0.5) is 8.78 Å². The van der Waals surface area contributed by atoms with E-state index in [9.17, 15) is 4.39 Å². The molecule has 3 rings (SSSR count). The number of halogens is 2. The second kappa shape index (κ2) is 16.6. The van der Waals surface area contributed by atoms with E-state index >= 15 is 4.39 Å². The summed E-state index contributed by atoms with van der Waals surface area (Å²) in [5, 5.41) is 3.18. The van der Waals surface area contributed by atoms with Gasteiger partial charge < -0.3 is 15.1 Å². The van der Waals surface area contributed by atoms with Crippen molar-refractivity contribution in [2.45, 2.75) is 26.4 Å². The molecule has 0 radical (unpaired) electrons. The number of rotatable bonds is 16. The third-order valence-corrected chi connectivity index (χ3v) is 7.61. The van der Waals surface area contributed by atoms with Gasteiger partial charge in [-0.1, -0.05) is 105 Å². The summed E-state index contributed by atoms with van der Waals surface area (Å²) >= 11 is 0. The van der Waals surface area contributed by atoms with Gasteiger partial charge in [-0.2, -0.15) is 0 Å². The highest BCUT2D eigenvalue weighted by molar-refractivity contribution is 5.69. The van der Waals surface area contributed by atoms with Crippen LogP contribution in [0, 0.1) is 11.6 Å². The highest BCUT2D eigenvalue weighted by Crippen LogP contribution is 2.32. The molecule has 0 fully saturated rings. The lowest BCUT2D eigenvalue weighted by atomic mass is 10.0. The summed E-state index contributed by atoms with van der Waals surface area (Å²) < 4.78 is 29.2. The van der Waals surface area contributed by atoms with Crippen LogP contribution in [0.25, 0.3) is 16.8 Å². The molecule has 1 unspecified atom stereocenters. The normalized spacial score (nSPS) is 12.2. The molecule has 0 spiro atoms. The minimum atomic E-state index is -0.645. The van der Waals surface area contributed by atoms with Gasteiger partial charge in [0.2, 0.25) is 0 Å². The molecule has 1 atom stereocenters. The Morgan fingerprint density at radius 2 is 1.69 bits per heavy atom. The molecule has 0 aromatic heterocycles. The lowest BCUT2D eigenvalue weighted by Gasteiger charge is -2.39. The molecule has 3 aromatic carbocycles. The van der Waals surface area contributed by atoms with E-state index in [4.69, 9.17) is 0 Å². The molecule has 0 aliphatic rings. The maximum absolute atomic E-state index is 15.2. The molecule has 0 amide bonds. The number of hydrogen-bond acceptors (Lipinski definition) is 4. The Bertz CT molecular complexity index is 1630. The summed E-state index contributed by atoms with van der Waals surface area (Å²) in [7, 11) is 1.79. The number of hydrogen-bond donors (Lipinski definition) is 1. The van der Waals surface area contributed by atoms with Gasteiger partial charge in [0.25, 0.3) is 0 Å². The standard InChI is InChI=1S/C39H42F2N4/c1-9-16-30(10-2)38(43-8)27-44(12-4)39(28(5)37(11-3)42-7)45(26-34-23-24-35(40)25-36(34)41)29(6)31-19-21-33(22-20-31)32-17-14-13-15-18-32/h9-10,13-25,38,42H,1-3,6,8,12,26-27H2,4-5,7H3/b30-16+,39-28+. The number of likely N-dealkylation sites (N-methyl/N-ethyl adjacent to an activating group) is 2. The van der Waals surface area contributed by atoms with Crippen molar-refractivity contribution >= 4 is 12.4 Å². The van der Waals surface area contributed by atoms with Crippen molar-refractivity contribution in [1.82, 2.24) is 15.1 Å². The molecule has 45 heavy (non-hydrogen) atoms. The maximum atomic E-state index is 15.2. The summed E-state index contributed by atoms with van der Waals surface area (Å²) in [4.78, 5) is 8.49. The van der Waals surface area contributed by atoms with Crippen molar-refractivity contribution < 1.29 is 8.78 Å². The average molecular weight is 605 g/mol. The van der Waals surface area contributed by atoms with E-state index in [2.05, 4.69) is 66.1 Å². The van der Waals surface area contributed by atoms with Crippen LogP contribution in [-0.2, 0) is 6.54 Å². The summed E-state index contributed by atoms with van der Waals surface area (Å²) in [6.07, 6.45) is 5.29. The Balaban J connectivity index is 2.24. The predicted octanol–water partition coefficient (Wildman–Crippen LogP) is 8.91. The smallest absolute Gasteiger partial charge is 0.131 e. The topological polar surface area (TPSA) is 30.9 Å². The number of aliphatic imine (C=N–C) groups is 1. The number of nitrogens with one attached hydrogen (secondary N) is 1. The molecule has 6 heteroatoms. The van der Waals surface area contributed by atoms with Crippen molar-refractivity contribution in [3.05, 3.63) is 168 Å². The first kappa shape index (κ1) is 34.3. The van der Waals surface area contributed by atoms with E-state index in [1.54, 1.807) is 19.2 Å². The molecule has 0 saturated carbocycles. The molecule has 0 aliphatic heterocycles. The van der Waals surface area contributed by atoms with Crippen molar-refractivity contribution in [1.29, 1.82) is 0 Å². The average Bonchev–Trinajstić information content (AvgIpc) is 3.06. The van der Waals surface area contributed by atoms with Gasteiger partial charge in [-0.15, -0.1) is 5.73 Å². The van der Waals surface area contributed by atoms with E-state index in [1.165, 1.54) is 12.1 Å². The van der Waals surface area contributed by atoms with Crippen LogP contribution in [0.1, 0.15) is 25.0 Å². The van der Waals surface area contributed by atoms with Crippen LogP contribution in [0.5, 0.6) is 0 Å².